The van der Waals surface area contributed by atoms with Crippen molar-refractivity contribution in [2.24, 2.45) is 15.2 Å². The Morgan fingerprint density at radius 1 is 1.22 bits per heavy atom. The summed E-state index contributed by atoms with van der Waals surface area (Å²) in [5, 5.41) is 6.82. The Morgan fingerprint density at radius 2 is 1.78 bits per heavy atom. The van der Waals surface area contributed by atoms with Crippen molar-refractivity contribution in [2.75, 3.05) is 7.05 Å². The van der Waals surface area contributed by atoms with E-state index in [1.54, 1.807) is 7.05 Å². The van der Waals surface area contributed by atoms with E-state index in [0.29, 0.717) is 0 Å². The molecule has 0 bridgehead atoms. The van der Waals surface area contributed by atoms with E-state index in [-0.39, 0.29) is 0 Å². The van der Waals surface area contributed by atoms with E-state index in [0.717, 1.165) is 0 Å². The summed E-state index contributed by atoms with van der Waals surface area (Å²) in [7, 11) is 1.63. The van der Waals surface area contributed by atoms with E-state index < -0.39 is 0 Å². The molecule has 0 fully saturated rings. The summed E-state index contributed by atoms with van der Waals surface area (Å²) in [5.41, 5.74) is 0. The topological polar surface area (TPSA) is 37.1 Å². The second kappa shape index (κ2) is 15.7. The van der Waals surface area contributed by atoms with Crippen LogP contribution >= 0.6 is 0 Å². The monoisotopic (exact) mass is 127 g/mol. The molecule has 0 aromatic rings. The van der Waals surface area contributed by atoms with Crippen molar-refractivity contribution in [1.29, 1.82) is 0 Å². The zero-order valence-electron chi connectivity index (χ0n) is 6.20. The van der Waals surface area contributed by atoms with Gasteiger partial charge in [-0.15, -0.1) is 5.11 Å². The lowest BCUT2D eigenvalue weighted by Gasteiger charge is -1.65. The summed E-state index contributed by atoms with van der Waals surface area (Å²) in [5.74, 6) is 0. The molecule has 0 rings (SSSR count). The average molecular weight is 127 g/mol. The summed E-state index contributed by atoms with van der Waals surface area (Å²) in [6, 6.07) is 0. The minimum atomic E-state index is 1.35. The van der Waals surface area contributed by atoms with Gasteiger partial charge < -0.3 is 0 Å². The van der Waals surface area contributed by atoms with Gasteiger partial charge in [0, 0.05) is 13.2 Å². The maximum absolute atomic E-state index is 3.54. The van der Waals surface area contributed by atoms with E-state index in [2.05, 4.69) is 21.8 Å². The third kappa shape index (κ3) is 19.4. The maximum atomic E-state index is 3.54. The number of hydrogen-bond acceptors (Lipinski definition) is 2. The Hall–Kier alpha value is -0.990. The molecule has 52 valence electrons. The predicted molar refractivity (Wildman–Crippen MR) is 40.8 cm³/mol. The molecule has 0 N–H and O–H groups in total. The molecule has 0 saturated carbocycles. The van der Waals surface area contributed by atoms with Crippen LogP contribution in [-0.4, -0.2) is 13.4 Å². The molecule has 0 radical (unpaired) electrons. The molecule has 0 aliphatic heterocycles. The first kappa shape index (κ1) is 10.9. The summed E-state index contributed by atoms with van der Waals surface area (Å²) in [6.07, 6.45) is 2.70. The molecule has 9 heavy (non-hydrogen) atoms. The lowest BCUT2D eigenvalue weighted by Crippen LogP contribution is -1.56. The Kier molecular flexibility index (Phi) is 19.1. The molecule has 3 heteroatoms. The zero-order chi connectivity index (χ0) is 7.54. The Bertz CT molecular complexity index is 94.5. The lowest BCUT2D eigenvalue weighted by molar-refractivity contribution is 1.28. The Labute approximate surface area is 56.2 Å². The predicted octanol–water partition coefficient (Wildman–Crippen LogP) is 2.27. The molecule has 0 aromatic heterocycles. The molecule has 0 aromatic carbocycles. The summed E-state index contributed by atoms with van der Waals surface area (Å²) in [4.78, 5) is 3.54. The van der Waals surface area contributed by atoms with Crippen molar-refractivity contribution in [2.45, 2.75) is 13.8 Å². The van der Waals surface area contributed by atoms with Crippen LogP contribution in [0.3, 0.4) is 0 Å². The van der Waals surface area contributed by atoms with Crippen molar-refractivity contribution in [3.05, 3.63) is 12.8 Å². The van der Waals surface area contributed by atoms with Crippen LogP contribution < -0.4 is 0 Å². The molecule has 0 heterocycles. The van der Waals surface area contributed by atoms with Crippen molar-refractivity contribution < 1.29 is 0 Å². The normalized spacial score (nSPS) is 9.22. The van der Waals surface area contributed by atoms with Gasteiger partial charge in [0.1, 0.15) is 6.34 Å². The summed E-state index contributed by atoms with van der Waals surface area (Å²) >= 11 is 0. The number of nitrogens with zero attached hydrogens (tertiary/aromatic N) is 3. The molecule has 0 spiro atoms. The molecule has 0 atom stereocenters. The molecule has 0 aliphatic carbocycles. The van der Waals surface area contributed by atoms with E-state index in [1.165, 1.54) is 12.5 Å². The number of rotatable bonds is 2. The number of azo groups is 1. The van der Waals surface area contributed by atoms with Crippen LogP contribution in [0.1, 0.15) is 13.8 Å². The van der Waals surface area contributed by atoms with Crippen LogP contribution in [0, 0.1) is 0 Å². The Balaban J connectivity index is 0. The van der Waals surface area contributed by atoms with Gasteiger partial charge in [-0.3, -0.25) is 4.99 Å². The first-order chi connectivity index (χ1) is 4.41. The summed E-state index contributed by atoms with van der Waals surface area (Å²) < 4.78 is 0. The van der Waals surface area contributed by atoms with Gasteiger partial charge in [0.05, 0.1) is 0 Å². The molecule has 0 unspecified atom stereocenters. The van der Waals surface area contributed by atoms with Gasteiger partial charge in [-0.1, -0.05) is 20.4 Å². The number of hydrogen-bond donors (Lipinski definition) is 0. The molecule has 3 nitrogen and oxygen atoms in total. The molecular weight excluding hydrogens is 114 g/mol. The first-order valence-corrected chi connectivity index (χ1v) is 2.83. The zero-order valence-corrected chi connectivity index (χ0v) is 6.20. The largest absolute Gasteiger partial charge is 0.275 e. The molecule has 0 amide bonds. The van der Waals surface area contributed by atoms with E-state index in [9.17, 15) is 0 Å². The smallest absolute Gasteiger partial charge is 0.132 e. The van der Waals surface area contributed by atoms with Gasteiger partial charge in [0.2, 0.25) is 0 Å². The second-order valence-corrected chi connectivity index (χ2v) is 0.787. The quantitative estimate of drug-likeness (QED) is 0.310. The highest BCUT2D eigenvalue weighted by Crippen LogP contribution is 1.67. The fourth-order valence-corrected chi connectivity index (χ4v) is 0.129. The van der Waals surface area contributed by atoms with Crippen LogP contribution in [0.5, 0.6) is 0 Å². The minimum Gasteiger partial charge on any atom is -0.275 e. The van der Waals surface area contributed by atoms with Crippen LogP contribution in [-0.2, 0) is 0 Å². The lowest BCUT2D eigenvalue weighted by atomic mass is 11.0. The van der Waals surface area contributed by atoms with Gasteiger partial charge >= 0.3 is 0 Å². The highest BCUT2D eigenvalue weighted by molar-refractivity contribution is 5.53. The highest BCUT2D eigenvalue weighted by atomic mass is 15.1. The third-order valence-electron chi connectivity index (χ3n) is 0.315. The molecule has 0 aliphatic rings. The van der Waals surface area contributed by atoms with Crippen molar-refractivity contribution in [1.82, 2.24) is 0 Å². The van der Waals surface area contributed by atoms with Gasteiger partial charge in [-0.25, -0.2) is 0 Å². The van der Waals surface area contributed by atoms with Gasteiger partial charge in [-0.05, 0) is 0 Å². The van der Waals surface area contributed by atoms with Crippen LogP contribution in [0.15, 0.2) is 28.0 Å². The number of aliphatic imine (C=N–C) groups is 1. The van der Waals surface area contributed by atoms with E-state index >= 15 is 0 Å². The SMILES string of the molecule is C=CN=NC=NC.CC. The van der Waals surface area contributed by atoms with Crippen LogP contribution in [0.2, 0.25) is 0 Å². The first-order valence-electron chi connectivity index (χ1n) is 2.83. The van der Waals surface area contributed by atoms with Crippen LogP contribution in [0.4, 0.5) is 0 Å². The molecular formula is C6H13N3. The van der Waals surface area contributed by atoms with Crippen molar-refractivity contribution in [3.63, 3.8) is 0 Å². The average Bonchev–Trinajstić information content (AvgIpc) is 1.94. The fourth-order valence-electron chi connectivity index (χ4n) is 0.129. The van der Waals surface area contributed by atoms with Gasteiger partial charge in [0.25, 0.3) is 0 Å². The van der Waals surface area contributed by atoms with Gasteiger partial charge in [0.15, 0.2) is 0 Å². The third-order valence-corrected chi connectivity index (χ3v) is 0.315. The minimum absolute atomic E-state index is 1.35. The van der Waals surface area contributed by atoms with Crippen molar-refractivity contribution in [3.8, 4) is 0 Å². The van der Waals surface area contributed by atoms with Gasteiger partial charge in [-0.2, -0.15) is 5.11 Å². The van der Waals surface area contributed by atoms with E-state index in [1.807, 2.05) is 13.8 Å². The fraction of sp³-hybridized carbons (Fsp3) is 0.500. The van der Waals surface area contributed by atoms with E-state index in [4.69, 9.17) is 0 Å². The molecule has 0 saturated heterocycles. The maximum Gasteiger partial charge on any atom is 0.132 e. The van der Waals surface area contributed by atoms with Crippen molar-refractivity contribution >= 4 is 6.34 Å². The van der Waals surface area contributed by atoms with Crippen LogP contribution in [0.25, 0.3) is 0 Å². The summed E-state index contributed by atoms with van der Waals surface area (Å²) in [6.45, 7) is 7.31. The Morgan fingerprint density at radius 3 is 2.11 bits per heavy atom. The highest BCUT2D eigenvalue weighted by Gasteiger charge is 1.53. The standard InChI is InChI=1S/C4H7N3.C2H6/c1-3-6-7-4-5-2;1-2/h3-4H,1H2,2H3;1-2H3. The second-order valence-electron chi connectivity index (χ2n) is 0.787.